The fourth-order valence-electron chi connectivity index (χ4n) is 8.86. The summed E-state index contributed by atoms with van der Waals surface area (Å²) in [6.45, 7) is 8.57. The lowest BCUT2D eigenvalue weighted by atomic mass is 9.42. The van der Waals surface area contributed by atoms with E-state index in [4.69, 9.17) is 0 Å². The number of Topliss-reactive ketones (excluding diaryl/α,β-unsaturated/α-hetero) is 1. The first-order valence-corrected chi connectivity index (χ1v) is 11.6. The van der Waals surface area contributed by atoms with Crippen molar-refractivity contribution in [3.05, 3.63) is 0 Å². The molecule has 0 saturated heterocycles. The van der Waals surface area contributed by atoms with Crippen molar-refractivity contribution in [2.75, 3.05) is 0 Å². The number of hydrogen-bond acceptors (Lipinski definition) is 3. The molecular weight excluding hydrogens is 352 g/mol. The number of carboxylic acids is 1. The Morgan fingerprint density at radius 1 is 1.11 bits per heavy atom. The SMILES string of the molecule is CC[C@H]1C(=O)[C@@H]2[C@H](CCC3(C)C([C@H](C)C(=O)O)CC[C@@H]23)C2CC[C@@H](O)C[C@]21C. The average molecular weight is 391 g/mol. The molecule has 4 aliphatic carbocycles. The van der Waals surface area contributed by atoms with E-state index in [-0.39, 0.29) is 40.6 Å². The van der Waals surface area contributed by atoms with Gasteiger partial charge in [-0.1, -0.05) is 27.7 Å². The number of ketones is 1. The number of carbonyl (C=O) groups is 2. The third-order valence-electron chi connectivity index (χ3n) is 10.1. The average Bonchev–Trinajstić information content (AvgIpc) is 2.97. The molecule has 0 amide bonds. The Morgan fingerprint density at radius 3 is 2.43 bits per heavy atom. The molecule has 0 heterocycles. The van der Waals surface area contributed by atoms with Gasteiger partial charge in [0.05, 0.1) is 12.0 Å². The van der Waals surface area contributed by atoms with E-state index in [1.807, 2.05) is 6.92 Å². The molecule has 4 fully saturated rings. The number of aliphatic hydroxyl groups excluding tert-OH is 1. The van der Waals surface area contributed by atoms with Gasteiger partial charge in [-0.25, -0.2) is 0 Å². The van der Waals surface area contributed by atoms with Crippen LogP contribution in [0.15, 0.2) is 0 Å². The van der Waals surface area contributed by atoms with Crippen LogP contribution in [-0.4, -0.2) is 28.1 Å². The Bertz CT molecular complexity index is 659. The second kappa shape index (κ2) is 6.82. The van der Waals surface area contributed by atoms with E-state index in [9.17, 15) is 19.8 Å². The van der Waals surface area contributed by atoms with Gasteiger partial charge in [-0.2, -0.15) is 0 Å². The van der Waals surface area contributed by atoms with Gasteiger partial charge in [-0.05, 0) is 85.9 Å². The van der Waals surface area contributed by atoms with Crippen LogP contribution in [0.1, 0.15) is 79.1 Å². The monoisotopic (exact) mass is 390 g/mol. The highest BCUT2D eigenvalue weighted by molar-refractivity contribution is 5.86. The zero-order valence-electron chi connectivity index (χ0n) is 18.0. The minimum Gasteiger partial charge on any atom is -0.481 e. The predicted octanol–water partition coefficient (Wildman–Crippen LogP) is 4.54. The molecule has 0 aromatic heterocycles. The van der Waals surface area contributed by atoms with Crippen molar-refractivity contribution in [2.45, 2.75) is 85.2 Å². The van der Waals surface area contributed by atoms with E-state index in [0.29, 0.717) is 23.5 Å². The molecule has 4 heteroatoms. The van der Waals surface area contributed by atoms with Gasteiger partial charge in [0.25, 0.3) is 0 Å². The quantitative estimate of drug-likeness (QED) is 0.742. The van der Waals surface area contributed by atoms with E-state index in [0.717, 1.165) is 51.4 Å². The Balaban J connectivity index is 1.69. The molecule has 0 aromatic rings. The number of aliphatic hydroxyl groups is 1. The minimum absolute atomic E-state index is 0.0190. The molecule has 4 aliphatic rings. The lowest BCUT2D eigenvalue weighted by molar-refractivity contribution is -0.172. The highest BCUT2D eigenvalue weighted by atomic mass is 16.4. The fraction of sp³-hybridized carbons (Fsp3) is 0.917. The summed E-state index contributed by atoms with van der Waals surface area (Å²) in [5.41, 5.74) is -0.0837. The highest BCUT2D eigenvalue weighted by Crippen LogP contribution is 2.67. The summed E-state index contributed by atoms with van der Waals surface area (Å²) in [7, 11) is 0. The first-order chi connectivity index (χ1) is 13.1. The van der Waals surface area contributed by atoms with Crippen LogP contribution >= 0.6 is 0 Å². The highest BCUT2D eigenvalue weighted by Gasteiger charge is 2.64. The van der Waals surface area contributed by atoms with Gasteiger partial charge >= 0.3 is 5.97 Å². The standard InChI is InChI=1S/C24H38O4/c1-5-16-21(26)20-15(18-7-6-14(25)12-24(16,18)4)10-11-23(3)17(8-9-19(20)23)13(2)22(27)28/h13-20,25H,5-12H2,1-4H3,(H,27,28)/t13-,14+,15+,16-,17?,18?,19-,20+,23?,24-/m0/s1. The summed E-state index contributed by atoms with van der Waals surface area (Å²) < 4.78 is 0. The summed E-state index contributed by atoms with van der Waals surface area (Å²) in [6, 6.07) is 0. The van der Waals surface area contributed by atoms with Crippen molar-refractivity contribution in [3.63, 3.8) is 0 Å². The van der Waals surface area contributed by atoms with Gasteiger partial charge in [0.15, 0.2) is 0 Å². The summed E-state index contributed by atoms with van der Waals surface area (Å²) in [5, 5.41) is 20.0. The maximum atomic E-state index is 13.9. The molecule has 0 spiro atoms. The van der Waals surface area contributed by atoms with Crippen LogP contribution in [0.25, 0.3) is 0 Å². The number of rotatable bonds is 3. The van der Waals surface area contributed by atoms with Crippen LogP contribution in [0, 0.1) is 52.3 Å². The third-order valence-corrected chi connectivity index (χ3v) is 10.1. The van der Waals surface area contributed by atoms with Gasteiger partial charge in [-0.15, -0.1) is 0 Å². The summed E-state index contributed by atoms with van der Waals surface area (Å²) in [5.74, 6) is 1.08. The van der Waals surface area contributed by atoms with Crippen LogP contribution in [0.3, 0.4) is 0 Å². The zero-order valence-corrected chi connectivity index (χ0v) is 18.0. The first-order valence-electron chi connectivity index (χ1n) is 11.6. The number of aliphatic carboxylic acids is 1. The van der Waals surface area contributed by atoms with Gasteiger partial charge in [-0.3, -0.25) is 9.59 Å². The number of carboxylic acid groups (broad SMARTS) is 1. The molecule has 0 aliphatic heterocycles. The van der Waals surface area contributed by atoms with Crippen LogP contribution in [0.4, 0.5) is 0 Å². The molecule has 10 atom stereocenters. The lowest BCUT2D eigenvalue weighted by Crippen LogP contribution is -2.60. The van der Waals surface area contributed by atoms with Gasteiger partial charge in [0, 0.05) is 11.8 Å². The van der Waals surface area contributed by atoms with Crippen molar-refractivity contribution in [2.24, 2.45) is 52.3 Å². The molecule has 0 aromatic carbocycles. The minimum atomic E-state index is -0.691. The summed E-state index contributed by atoms with van der Waals surface area (Å²) in [4.78, 5) is 25.6. The second-order valence-electron chi connectivity index (χ2n) is 11.1. The predicted molar refractivity (Wildman–Crippen MR) is 108 cm³/mol. The van der Waals surface area contributed by atoms with Crippen molar-refractivity contribution in [1.82, 2.24) is 0 Å². The van der Waals surface area contributed by atoms with Crippen LogP contribution in [0.5, 0.6) is 0 Å². The Kier molecular flexibility index (Phi) is 4.96. The van der Waals surface area contributed by atoms with Crippen molar-refractivity contribution < 1.29 is 19.8 Å². The van der Waals surface area contributed by atoms with E-state index in [1.54, 1.807) is 0 Å². The van der Waals surface area contributed by atoms with Gasteiger partial charge in [0.1, 0.15) is 5.78 Å². The molecule has 4 saturated carbocycles. The summed E-state index contributed by atoms with van der Waals surface area (Å²) >= 11 is 0. The zero-order chi connectivity index (χ0) is 20.4. The number of hydrogen-bond donors (Lipinski definition) is 2. The van der Waals surface area contributed by atoms with E-state index < -0.39 is 5.97 Å². The van der Waals surface area contributed by atoms with E-state index in [2.05, 4.69) is 20.8 Å². The molecule has 0 bridgehead atoms. The van der Waals surface area contributed by atoms with Crippen molar-refractivity contribution >= 4 is 11.8 Å². The molecular formula is C24H38O4. The molecule has 2 N–H and O–H groups in total. The largest absolute Gasteiger partial charge is 0.481 e. The number of carbonyl (C=O) groups excluding carboxylic acids is 1. The Labute approximate surface area is 169 Å². The lowest BCUT2D eigenvalue weighted by Gasteiger charge is -2.61. The Morgan fingerprint density at radius 2 is 1.79 bits per heavy atom. The number of fused-ring (bicyclic) bond motifs is 5. The van der Waals surface area contributed by atoms with Crippen LogP contribution in [0.2, 0.25) is 0 Å². The molecule has 0 radical (unpaired) electrons. The normalized spacial score (nSPS) is 51.8. The maximum Gasteiger partial charge on any atom is 0.306 e. The molecule has 3 unspecified atom stereocenters. The van der Waals surface area contributed by atoms with Crippen LogP contribution < -0.4 is 0 Å². The molecule has 4 rings (SSSR count). The van der Waals surface area contributed by atoms with Gasteiger partial charge in [0.2, 0.25) is 0 Å². The summed E-state index contributed by atoms with van der Waals surface area (Å²) in [6.07, 6.45) is 7.35. The first kappa shape index (κ1) is 20.4. The smallest absolute Gasteiger partial charge is 0.306 e. The van der Waals surface area contributed by atoms with E-state index in [1.165, 1.54) is 0 Å². The topological polar surface area (TPSA) is 74.6 Å². The third kappa shape index (κ3) is 2.66. The van der Waals surface area contributed by atoms with Crippen molar-refractivity contribution in [1.29, 1.82) is 0 Å². The van der Waals surface area contributed by atoms with Crippen molar-refractivity contribution in [3.8, 4) is 0 Å². The Hall–Kier alpha value is -0.900. The molecule has 158 valence electrons. The molecule has 4 nitrogen and oxygen atoms in total. The van der Waals surface area contributed by atoms with Gasteiger partial charge < -0.3 is 10.2 Å². The second-order valence-corrected chi connectivity index (χ2v) is 11.1. The van der Waals surface area contributed by atoms with E-state index >= 15 is 0 Å². The van der Waals surface area contributed by atoms with Crippen LogP contribution in [-0.2, 0) is 9.59 Å². The molecule has 28 heavy (non-hydrogen) atoms. The fourth-order valence-corrected chi connectivity index (χ4v) is 8.86. The maximum absolute atomic E-state index is 13.9.